The molecule has 0 spiro atoms. The molecule has 0 aliphatic carbocycles. The number of benzene rings is 5. The average molecular weight is 758 g/mol. The highest BCUT2D eigenvalue weighted by atomic mass is 16.3. The third-order valence-corrected chi connectivity index (χ3v) is 11.2. The van der Waals surface area contributed by atoms with Crippen LogP contribution in [0, 0.1) is 0 Å². The Morgan fingerprint density at radius 2 is 1.14 bits per heavy atom. The fraction of sp³-hybridized carbons (Fsp3) is 0.173. The van der Waals surface area contributed by atoms with Crippen LogP contribution in [0.2, 0.25) is 0 Å². The van der Waals surface area contributed by atoms with Gasteiger partial charge in [-0.1, -0.05) is 126 Å². The number of phenolic OH excluding ortho intramolecular Hbond substituents is 1. The summed E-state index contributed by atoms with van der Waals surface area (Å²) in [5, 5.41) is 17.9. The molecule has 0 radical (unpaired) electrons. The molecule has 6 nitrogen and oxygen atoms in total. The summed E-state index contributed by atoms with van der Waals surface area (Å²) in [4.78, 5) is 10.1. The molecule has 58 heavy (non-hydrogen) atoms. The summed E-state index contributed by atoms with van der Waals surface area (Å²) >= 11 is 0. The number of hydrogen-bond donors (Lipinski definition) is 1. The zero-order valence-electron chi connectivity index (χ0n) is 34.1. The lowest BCUT2D eigenvalue weighted by Crippen LogP contribution is -2.16. The number of fused-ring (bicyclic) bond motifs is 3. The molecule has 6 heteroatoms. The van der Waals surface area contributed by atoms with Gasteiger partial charge >= 0.3 is 0 Å². The van der Waals surface area contributed by atoms with Crippen LogP contribution in [0.1, 0.15) is 52.7 Å². The van der Waals surface area contributed by atoms with Crippen molar-refractivity contribution in [1.82, 2.24) is 24.3 Å². The summed E-state index contributed by atoms with van der Waals surface area (Å²) < 4.78 is 4.27. The lowest BCUT2D eigenvalue weighted by Gasteiger charge is -2.26. The van der Waals surface area contributed by atoms with Crippen molar-refractivity contribution < 1.29 is 5.11 Å². The van der Waals surface area contributed by atoms with Gasteiger partial charge in [0, 0.05) is 52.0 Å². The number of nitrogens with zero attached hydrogens (tertiary/aromatic N) is 5. The predicted molar refractivity (Wildman–Crippen MR) is 239 cm³/mol. The van der Waals surface area contributed by atoms with E-state index in [2.05, 4.69) is 160 Å². The van der Waals surface area contributed by atoms with Gasteiger partial charge in [-0.15, -0.1) is 0 Å². The Kier molecular flexibility index (Phi) is 8.89. The maximum atomic E-state index is 11.0. The molecular weight excluding hydrogens is 711 g/mol. The van der Waals surface area contributed by atoms with Crippen LogP contribution in [-0.2, 0) is 17.9 Å². The van der Waals surface area contributed by atoms with Crippen LogP contribution in [0.4, 0.5) is 0 Å². The molecule has 0 saturated carbocycles. The molecule has 9 rings (SSSR count). The molecule has 0 atom stereocenters. The molecule has 1 N–H and O–H groups in total. The maximum absolute atomic E-state index is 11.0. The molecule has 286 valence electrons. The lowest BCUT2D eigenvalue weighted by molar-refractivity contribution is 0.477. The molecule has 5 aromatic carbocycles. The van der Waals surface area contributed by atoms with E-state index < -0.39 is 0 Å². The molecular formula is C52H47N5O. The van der Waals surface area contributed by atoms with Crippen LogP contribution in [0.15, 0.2) is 152 Å². The Bertz CT molecular complexity index is 2960. The van der Waals surface area contributed by atoms with E-state index in [1.807, 2.05) is 48.4 Å². The normalized spacial score (nSPS) is 12.1. The third kappa shape index (κ3) is 6.64. The number of aryl methyl sites for hydroxylation is 1. The quantitative estimate of drug-likeness (QED) is 0.183. The zero-order valence-corrected chi connectivity index (χ0v) is 34.1. The number of pyridine rings is 2. The van der Waals surface area contributed by atoms with Crippen LogP contribution >= 0.6 is 0 Å². The Morgan fingerprint density at radius 1 is 0.517 bits per heavy atom. The van der Waals surface area contributed by atoms with Crippen molar-refractivity contribution >= 4 is 21.9 Å². The number of aromatic nitrogens is 5. The summed E-state index contributed by atoms with van der Waals surface area (Å²) in [6.45, 7) is 13.6. The number of hydrogen-bond acceptors (Lipinski definition) is 4. The smallest absolute Gasteiger partial charge is 0.143 e. The summed E-state index contributed by atoms with van der Waals surface area (Å²) in [7, 11) is 2.00. The highest BCUT2D eigenvalue weighted by Gasteiger charge is 2.23. The van der Waals surface area contributed by atoms with Gasteiger partial charge in [-0.25, -0.2) is 4.98 Å². The topological polar surface area (TPSA) is 68.8 Å². The van der Waals surface area contributed by atoms with E-state index in [4.69, 9.17) is 9.97 Å². The van der Waals surface area contributed by atoms with E-state index in [-0.39, 0.29) is 16.6 Å². The minimum Gasteiger partial charge on any atom is -0.507 e. The second-order valence-corrected chi connectivity index (χ2v) is 17.3. The van der Waals surface area contributed by atoms with Gasteiger partial charge in [-0.2, -0.15) is 5.10 Å². The second kappa shape index (κ2) is 14.0. The first-order valence-corrected chi connectivity index (χ1v) is 19.9. The summed E-state index contributed by atoms with van der Waals surface area (Å²) in [6, 6.07) is 48.4. The fourth-order valence-corrected chi connectivity index (χ4v) is 7.98. The molecule has 4 aromatic heterocycles. The lowest BCUT2D eigenvalue weighted by atomic mass is 9.79. The number of rotatable bonds is 6. The van der Waals surface area contributed by atoms with Crippen molar-refractivity contribution in [1.29, 1.82) is 0 Å². The maximum Gasteiger partial charge on any atom is 0.143 e. The summed E-state index contributed by atoms with van der Waals surface area (Å²) in [5.74, 6) is 0.198. The van der Waals surface area contributed by atoms with E-state index in [9.17, 15) is 5.11 Å². The first-order valence-electron chi connectivity index (χ1n) is 19.9. The predicted octanol–water partition coefficient (Wildman–Crippen LogP) is 12.9. The first-order chi connectivity index (χ1) is 27.8. The van der Waals surface area contributed by atoms with E-state index in [0.717, 1.165) is 72.4 Å². The largest absolute Gasteiger partial charge is 0.507 e. The minimum absolute atomic E-state index is 0.0386. The highest BCUT2D eigenvalue weighted by molar-refractivity contribution is 6.12. The van der Waals surface area contributed by atoms with Crippen molar-refractivity contribution in [2.24, 2.45) is 7.05 Å². The Morgan fingerprint density at radius 3 is 1.86 bits per heavy atom. The van der Waals surface area contributed by atoms with Crippen LogP contribution in [-0.4, -0.2) is 29.4 Å². The Labute approximate surface area is 340 Å². The van der Waals surface area contributed by atoms with Crippen LogP contribution in [0.25, 0.3) is 83.6 Å². The van der Waals surface area contributed by atoms with Gasteiger partial charge in [0.2, 0.25) is 0 Å². The number of phenols is 1. The Hall–Kier alpha value is -6.79. The molecule has 9 aromatic rings. The molecule has 0 amide bonds. The SMILES string of the molecule is Cn1ncc2c3cccc(-c4ccnc(-c5cccc(-c6cc(-c7cc(C(C)(C)C)cc(C(C)(C)C)c7)cc(-c7ccccc7O)n6)c5)c4)c3n(-c3ccccc3)c21. The fourth-order valence-electron chi connectivity index (χ4n) is 7.98. The van der Waals surface area contributed by atoms with Gasteiger partial charge in [0.05, 0.1) is 28.8 Å². The van der Waals surface area contributed by atoms with Crippen molar-refractivity contribution in [3.05, 3.63) is 163 Å². The van der Waals surface area contributed by atoms with E-state index in [1.165, 1.54) is 11.1 Å². The number of aromatic hydroxyl groups is 1. The molecule has 4 heterocycles. The van der Waals surface area contributed by atoms with Crippen LogP contribution in [0.5, 0.6) is 5.75 Å². The van der Waals surface area contributed by atoms with E-state index >= 15 is 0 Å². The van der Waals surface area contributed by atoms with Crippen molar-refractivity contribution in [3.8, 4) is 67.5 Å². The van der Waals surface area contributed by atoms with Gasteiger partial charge in [0.25, 0.3) is 0 Å². The van der Waals surface area contributed by atoms with Gasteiger partial charge in [0.15, 0.2) is 0 Å². The van der Waals surface area contributed by atoms with Gasteiger partial charge in [0.1, 0.15) is 11.4 Å². The standard InChI is InChI=1S/C52H47N5O/c1-51(2,3)38-26-36(27-39(31-38)52(4,5)6)37-29-46(55-47(30-37)43-19-11-12-22-48(43)58)35-16-13-15-34(25-35)45-28-33(23-24-53-45)41-20-14-21-42-44-32-54-56(7)50(44)57(49(41)42)40-17-9-8-10-18-40/h8-32,58H,1-7H3. The van der Waals surface area contributed by atoms with Crippen LogP contribution in [0.3, 0.4) is 0 Å². The Balaban J connectivity index is 1.19. The summed E-state index contributed by atoms with van der Waals surface area (Å²) in [6.07, 6.45) is 3.86. The second-order valence-electron chi connectivity index (χ2n) is 17.3. The van der Waals surface area contributed by atoms with Crippen LogP contribution < -0.4 is 0 Å². The molecule has 0 aliphatic rings. The average Bonchev–Trinajstić information content (AvgIpc) is 3.77. The molecule has 0 aliphatic heterocycles. The van der Waals surface area contributed by atoms with Crippen molar-refractivity contribution in [2.45, 2.75) is 52.4 Å². The third-order valence-electron chi connectivity index (χ3n) is 11.2. The molecule has 0 bridgehead atoms. The molecule has 0 saturated heterocycles. The van der Waals surface area contributed by atoms with E-state index in [1.54, 1.807) is 6.07 Å². The molecule has 0 unspecified atom stereocenters. The van der Waals surface area contributed by atoms with Gasteiger partial charge in [-0.05, 0) is 93.2 Å². The van der Waals surface area contributed by atoms with Crippen molar-refractivity contribution in [2.75, 3.05) is 0 Å². The van der Waals surface area contributed by atoms with Gasteiger partial charge in [-0.3, -0.25) is 14.2 Å². The van der Waals surface area contributed by atoms with Crippen molar-refractivity contribution in [3.63, 3.8) is 0 Å². The van der Waals surface area contributed by atoms with Gasteiger partial charge < -0.3 is 5.11 Å². The first kappa shape index (κ1) is 36.8. The monoisotopic (exact) mass is 757 g/mol. The van der Waals surface area contributed by atoms with E-state index in [0.29, 0.717) is 11.3 Å². The number of para-hydroxylation sites is 3. The molecule has 0 fully saturated rings. The summed E-state index contributed by atoms with van der Waals surface area (Å²) in [5.41, 5.74) is 15.1. The highest BCUT2D eigenvalue weighted by Crippen LogP contribution is 2.41. The minimum atomic E-state index is -0.0386. The zero-order chi connectivity index (χ0) is 40.3.